The fourth-order valence-electron chi connectivity index (χ4n) is 4.10. The number of aryl methyl sites for hydroxylation is 1. The molecule has 2 aromatic carbocycles. The molecule has 31 heavy (non-hydrogen) atoms. The maximum atomic E-state index is 5.69. The SMILES string of the molecule is Cc1ccccc1-c1nn(CN2CCN(Cc3nc4ccccc4s3)CC2)c(=S)n1C. The van der Waals surface area contributed by atoms with Crippen LogP contribution in [0.4, 0.5) is 0 Å². The predicted molar refractivity (Wildman–Crippen MR) is 129 cm³/mol. The molecule has 0 amide bonds. The van der Waals surface area contributed by atoms with Crippen LogP contribution in [0.3, 0.4) is 0 Å². The van der Waals surface area contributed by atoms with Gasteiger partial charge in [-0.15, -0.1) is 11.3 Å². The van der Waals surface area contributed by atoms with E-state index in [9.17, 15) is 0 Å². The van der Waals surface area contributed by atoms with Crippen molar-refractivity contribution in [2.45, 2.75) is 20.1 Å². The van der Waals surface area contributed by atoms with Crippen molar-refractivity contribution in [3.8, 4) is 11.4 Å². The lowest BCUT2D eigenvalue weighted by Gasteiger charge is -2.33. The lowest BCUT2D eigenvalue weighted by Crippen LogP contribution is -2.46. The number of benzene rings is 2. The maximum absolute atomic E-state index is 5.69. The quantitative estimate of drug-likeness (QED) is 0.424. The molecule has 160 valence electrons. The van der Waals surface area contributed by atoms with E-state index in [1.54, 1.807) is 11.3 Å². The predicted octanol–water partition coefficient (Wildman–Crippen LogP) is 4.31. The Morgan fingerprint density at radius 1 is 0.968 bits per heavy atom. The van der Waals surface area contributed by atoms with Crippen molar-refractivity contribution in [1.29, 1.82) is 0 Å². The second-order valence-electron chi connectivity index (χ2n) is 8.09. The van der Waals surface area contributed by atoms with E-state index in [1.165, 1.54) is 15.3 Å². The fourth-order valence-corrected chi connectivity index (χ4v) is 5.29. The molecule has 6 nitrogen and oxygen atoms in total. The van der Waals surface area contributed by atoms with Crippen LogP contribution in [0, 0.1) is 11.7 Å². The van der Waals surface area contributed by atoms with E-state index in [2.05, 4.69) is 65.3 Å². The third-order valence-corrected chi connectivity index (χ3v) is 7.43. The second kappa shape index (κ2) is 8.63. The first-order valence-electron chi connectivity index (χ1n) is 10.6. The molecule has 0 N–H and O–H groups in total. The molecule has 3 heterocycles. The van der Waals surface area contributed by atoms with Crippen LogP contribution < -0.4 is 0 Å². The van der Waals surface area contributed by atoms with Crippen LogP contribution in [-0.2, 0) is 20.3 Å². The highest BCUT2D eigenvalue weighted by Crippen LogP contribution is 2.24. The van der Waals surface area contributed by atoms with E-state index in [1.807, 2.05) is 16.3 Å². The smallest absolute Gasteiger partial charge is 0.199 e. The van der Waals surface area contributed by atoms with Gasteiger partial charge in [-0.2, -0.15) is 5.10 Å². The van der Waals surface area contributed by atoms with E-state index in [-0.39, 0.29) is 0 Å². The minimum atomic E-state index is 0.730. The third-order valence-electron chi connectivity index (χ3n) is 5.92. The highest BCUT2D eigenvalue weighted by atomic mass is 32.1. The lowest BCUT2D eigenvalue weighted by atomic mass is 10.1. The van der Waals surface area contributed by atoms with Crippen LogP contribution in [-0.4, -0.2) is 55.3 Å². The van der Waals surface area contributed by atoms with Crippen LogP contribution >= 0.6 is 23.6 Å². The largest absolute Gasteiger partial charge is 0.303 e. The van der Waals surface area contributed by atoms with Crippen LogP contribution in [0.1, 0.15) is 10.6 Å². The van der Waals surface area contributed by atoms with Crippen molar-refractivity contribution in [1.82, 2.24) is 29.1 Å². The average Bonchev–Trinajstić information content (AvgIpc) is 3.31. The Balaban J connectivity index is 1.23. The van der Waals surface area contributed by atoms with Gasteiger partial charge in [0, 0.05) is 38.8 Å². The lowest BCUT2D eigenvalue weighted by molar-refractivity contribution is 0.0981. The molecular weight excluding hydrogens is 424 g/mol. The van der Waals surface area contributed by atoms with Gasteiger partial charge >= 0.3 is 0 Å². The van der Waals surface area contributed by atoms with Gasteiger partial charge < -0.3 is 4.57 Å². The molecule has 2 aromatic heterocycles. The number of hydrogen-bond acceptors (Lipinski definition) is 6. The summed E-state index contributed by atoms with van der Waals surface area (Å²) in [6, 6.07) is 16.7. The zero-order valence-corrected chi connectivity index (χ0v) is 19.5. The summed E-state index contributed by atoms with van der Waals surface area (Å²) in [6.45, 7) is 7.83. The molecule has 0 atom stereocenters. The van der Waals surface area contributed by atoms with Gasteiger partial charge in [0.05, 0.1) is 23.4 Å². The summed E-state index contributed by atoms with van der Waals surface area (Å²) >= 11 is 7.49. The number of thiazole rings is 1. The Morgan fingerprint density at radius 3 is 2.45 bits per heavy atom. The molecule has 0 spiro atoms. The summed E-state index contributed by atoms with van der Waals surface area (Å²) in [5.74, 6) is 0.928. The van der Waals surface area contributed by atoms with Gasteiger partial charge in [-0.05, 0) is 36.8 Å². The van der Waals surface area contributed by atoms with Crippen molar-refractivity contribution < 1.29 is 0 Å². The molecule has 4 aromatic rings. The standard InChI is InChI=1S/C23H26N6S2/c1-17-7-3-4-8-18(17)22-25-29(23(30)26(22)2)16-28-13-11-27(12-14-28)15-21-24-19-9-5-6-10-20(19)31-21/h3-10H,11-16H2,1-2H3. The molecule has 0 bridgehead atoms. The molecule has 5 rings (SSSR count). The Kier molecular flexibility index (Phi) is 5.71. The molecule has 0 radical (unpaired) electrons. The summed E-state index contributed by atoms with van der Waals surface area (Å²) in [6.07, 6.45) is 0. The molecule has 0 aliphatic carbocycles. The molecular formula is C23H26N6S2. The van der Waals surface area contributed by atoms with Crippen molar-refractivity contribution in [3.05, 3.63) is 63.9 Å². The summed E-state index contributed by atoms with van der Waals surface area (Å²) in [5.41, 5.74) is 3.45. The Hall–Kier alpha value is -2.39. The average molecular weight is 451 g/mol. The number of piperazine rings is 1. The number of para-hydroxylation sites is 1. The van der Waals surface area contributed by atoms with Gasteiger partial charge in [0.15, 0.2) is 10.6 Å². The highest BCUT2D eigenvalue weighted by molar-refractivity contribution is 7.71. The van der Waals surface area contributed by atoms with Gasteiger partial charge in [-0.25, -0.2) is 9.67 Å². The van der Waals surface area contributed by atoms with Crippen LogP contribution in [0.15, 0.2) is 48.5 Å². The van der Waals surface area contributed by atoms with Gasteiger partial charge in [0.25, 0.3) is 0 Å². The maximum Gasteiger partial charge on any atom is 0.199 e. The molecule has 0 unspecified atom stereocenters. The molecule has 8 heteroatoms. The first kappa shape index (κ1) is 20.5. The van der Waals surface area contributed by atoms with Gasteiger partial charge in [0.1, 0.15) is 5.01 Å². The highest BCUT2D eigenvalue weighted by Gasteiger charge is 2.20. The van der Waals surface area contributed by atoms with Crippen molar-refractivity contribution in [2.24, 2.45) is 7.05 Å². The molecule has 0 saturated carbocycles. The zero-order valence-electron chi connectivity index (χ0n) is 17.9. The summed E-state index contributed by atoms with van der Waals surface area (Å²) in [5, 5.41) is 6.06. The molecule has 1 saturated heterocycles. The van der Waals surface area contributed by atoms with E-state index in [0.717, 1.165) is 61.1 Å². The van der Waals surface area contributed by atoms with Crippen molar-refractivity contribution >= 4 is 33.8 Å². The van der Waals surface area contributed by atoms with Gasteiger partial charge in [-0.1, -0.05) is 36.4 Å². The minimum absolute atomic E-state index is 0.730. The molecule has 1 aliphatic heterocycles. The number of nitrogens with zero attached hydrogens (tertiary/aromatic N) is 6. The first-order chi connectivity index (χ1) is 15.1. The normalized spacial score (nSPS) is 15.7. The summed E-state index contributed by atoms with van der Waals surface area (Å²) in [4.78, 5) is 9.71. The van der Waals surface area contributed by atoms with Crippen LogP contribution in [0.2, 0.25) is 0 Å². The third kappa shape index (κ3) is 4.21. The fraction of sp³-hybridized carbons (Fsp3) is 0.348. The monoisotopic (exact) mass is 450 g/mol. The number of fused-ring (bicyclic) bond motifs is 1. The Morgan fingerprint density at radius 2 is 1.68 bits per heavy atom. The number of aromatic nitrogens is 4. The zero-order chi connectivity index (χ0) is 21.4. The van der Waals surface area contributed by atoms with Gasteiger partial charge in [-0.3, -0.25) is 9.80 Å². The number of hydrogen-bond donors (Lipinski definition) is 0. The Labute approximate surface area is 191 Å². The van der Waals surface area contributed by atoms with Crippen molar-refractivity contribution in [2.75, 3.05) is 26.2 Å². The van der Waals surface area contributed by atoms with Gasteiger partial charge in [0.2, 0.25) is 0 Å². The van der Waals surface area contributed by atoms with E-state index in [0.29, 0.717) is 0 Å². The summed E-state index contributed by atoms with van der Waals surface area (Å²) in [7, 11) is 2.00. The Bertz CT molecular complexity index is 1230. The van der Waals surface area contributed by atoms with E-state index >= 15 is 0 Å². The van der Waals surface area contributed by atoms with Crippen LogP contribution in [0.5, 0.6) is 0 Å². The molecule has 1 aliphatic rings. The summed E-state index contributed by atoms with van der Waals surface area (Å²) < 4.78 is 6.00. The minimum Gasteiger partial charge on any atom is -0.303 e. The number of rotatable bonds is 5. The van der Waals surface area contributed by atoms with Crippen molar-refractivity contribution in [3.63, 3.8) is 0 Å². The van der Waals surface area contributed by atoms with Crippen LogP contribution in [0.25, 0.3) is 21.6 Å². The van der Waals surface area contributed by atoms with E-state index in [4.69, 9.17) is 22.3 Å². The topological polar surface area (TPSA) is 42.1 Å². The molecule has 1 fully saturated rings. The second-order valence-corrected chi connectivity index (χ2v) is 9.57. The first-order valence-corrected chi connectivity index (χ1v) is 11.8. The van der Waals surface area contributed by atoms with E-state index < -0.39 is 0 Å².